The summed E-state index contributed by atoms with van der Waals surface area (Å²) in [7, 11) is 0. The van der Waals surface area contributed by atoms with E-state index < -0.39 is 11.7 Å². The molecule has 0 saturated heterocycles. The highest BCUT2D eigenvalue weighted by Crippen LogP contribution is 2.29. The third-order valence-electron chi connectivity index (χ3n) is 2.95. The minimum absolute atomic E-state index is 0.146. The topological polar surface area (TPSA) is 38.3 Å². The Balaban J connectivity index is 1.79. The molecule has 1 amide bonds. The van der Waals surface area contributed by atoms with Crippen molar-refractivity contribution in [1.29, 1.82) is 0 Å². The summed E-state index contributed by atoms with van der Waals surface area (Å²) in [4.78, 5) is 11.7. The summed E-state index contributed by atoms with van der Waals surface area (Å²) in [6, 6.07) is 11.9. The number of hydrogen-bond acceptors (Lipinski definition) is 2. The van der Waals surface area contributed by atoms with Crippen LogP contribution >= 0.6 is 22.6 Å². The zero-order chi connectivity index (χ0) is 16.9. The van der Waals surface area contributed by atoms with Gasteiger partial charge in [-0.1, -0.05) is 12.1 Å². The molecule has 0 radical (unpaired) electrons. The Labute approximate surface area is 145 Å². The van der Waals surface area contributed by atoms with Crippen LogP contribution in [-0.4, -0.2) is 12.5 Å². The molecule has 2 aromatic carbocycles. The van der Waals surface area contributed by atoms with Crippen LogP contribution in [-0.2, 0) is 17.5 Å². The predicted octanol–water partition coefficient (Wildman–Crippen LogP) is 4.01. The summed E-state index contributed by atoms with van der Waals surface area (Å²) < 4.78 is 43.7. The molecule has 0 heterocycles. The fraction of sp³-hybridized carbons (Fsp3) is 0.188. The fourth-order valence-corrected chi connectivity index (χ4v) is 2.10. The zero-order valence-electron chi connectivity index (χ0n) is 11.9. The van der Waals surface area contributed by atoms with Gasteiger partial charge in [0.25, 0.3) is 5.91 Å². The predicted molar refractivity (Wildman–Crippen MR) is 87.9 cm³/mol. The molecule has 1 N–H and O–H groups in total. The van der Waals surface area contributed by atoms with Crippen molar-refractivity contribution in [3.05, 3.63) is 63.2 Å². The van der Waals surface area contributed by atoms with Crippen LogP contribution in [0.3, 0.4) is 0 Å². The van der Waals surface area contributed by atoms with E-state index in [9.17, 15) is 18.0 Å². The van der Waals surface area contributed by atoms with Gasteiger partial charge in [0.1, 0.15) is 5.75 Å². The van der Waals surface area contributed by atoms with E-state index in [2.05, 4.69) is 27.9 Å². The van der Waals surface area contributed by atoms with Gasteiger partial charge in [-0.25, -0.2) is 0 Å². The first kappa shape index (κ1) is 17.6. The van der Waals surface area contributed by atoms with Crippen LogP contribution in [0.5, 0.6) is 5.75 Å². The molecule has 0 fully saturated rings. The van der Waals surface area contributed by atoms with Crippen LogP contribution < -0.4 is 10.1 Å². The molecular formula is C16H13F3INO2. The number of amides is 1. The Bertz CT molecular complexity index is 655. The molecule has 0 aliphatic rings. The Morgan fingerprint density at radius 2 is 1.65 bits per heavy atom. The highest BCUT2D eigenvalue weighted by molar-refractivity contribution is 14.1. The van der Waals surface area contributed by atoms with Crippen molar-refractivity contribution in [1.82, 2.24) is 5.32 Å². The third kappa shape index (κ3) is 5.74. The van der Waals surface area contributed by atoms with Crippen molar-refractivity contribution in [2.45, 2.75) is 12.7 Å². The minimum atomic E-state index is -4.36. The van der Waals surface area contributed by atoms with Gasteiger partial charge in [-0.15, -0.1) is 0 Å². The Morgan fingerprint density at radius 1 is 1.04 bits per heavy atom. The van der Waals surface area contributed by atoms with E-state index in [0.717, 1.165) is 15.7 Å². The van der Waals surface area contributed by atoms with Gasteiger partial charge in [-0.2, -0.15) is 13.2 Å². The molecule has 0 spiro atoms. The second kappa shape index (κ2) is 7.67. The SMILES string of the molecule is O=C(COc1ccc(I)cc1)NCc1ccc(C(F)(F)F)cc1. The van der Waals surface area contributed by atoms with Crippen molar-refractivity contribution < 1.29 is 22.7 Å². The van der Waals surface area contributed by atoms with E-state index >= 15 is 0 Å². The van der Waals surface area contributed by atoms with E-state index in [-0.39, 0.29) is 19.1 Å². The monoisotopic (exact) mass is 435 g/mol. The van der Waals surface area contributed by atoms with Crippen LogP contribution in [0.1, 0.15) is 11.1 Å². The molecule has 23 heavy (non-hydrogen) atoms. The Hall–Kier alpha value is -1.77. The van der Waals surface area contributed by atoms with E-state index in [1.54, 1.807) is 12.1 Å². The smallest absolute Gasteiger partial charge is 0.416 e. The number of alkyl halides is 3. The summed E-state index contributed by atoms with van der Waals surface area (Å²) in [5.41, 5.74) is -0.129. The summed E-state index contributed by atoms with van der Waals surface area (Å²) >= 11 is 2.16. The first-order valence-electron chi connectivity index (χ1n) is 6.66. The van der Waals surface area contributed by atoms with E-state index in [1.807, 2.05) is 12.1 Å². The van der Waals surface area contributed by atoms with Crippen LogP contribution in [0.2, 0.25) is 0 Å². The Kier molecular flexibility index (Phi) is 5.86. The quantitative estimate of drug-likeness (QED) is 0.722. The number of rotatable bonds is 5. The Morgan fingerprint density at radius 3 is 2.22 bits per heavy atom. The van der Waals surface area contributed by atoms with Gasteiger partial charge in [-0.05, 0) is 64.6 Å². The van der Waals surface area contributed by atoms with Gasteiger partial charge in [0.2, 0.25) is 0 Å². The van der Waals surface area contributed by atoms with Crippen molar-refractivity contribution >= 4 is 28.5 Å². The lowest BCUT2D eigenvalue weighted by Gasteiger charge is -2.09. The fourth-order valence-electron chi connectivity index (χ4n) is 1.74. The molecule has 0 aliphatic heterocycles. The van der Waals surface area contributed by atoms with Crippen molar-refractivity contribution in [2.24, 2.45) is 0 Å². The van der Waals surface area contributed by atoms with Gasteiger partial charge in [-0.3, -0.25) is 4.79 Å². The number of carbonyl (C=O) groups is 1. The van der Waals surface area contributed by atoms with Crippen molar-refractivity contribution in [3.63, 3.8) is 0 Å². The summed E-state index contributed by atoms with van der Waals surface area (Å²) in [6.45, 7) is -0.00571. The van der Waals surface area contributed by atoms with Crippen molar-refractivity contribution in [2.75, 3.05) is 6.61 Å². The molecule has 2 aromatic rings. The molecule has 2 rings (SSSR count). The van der Waals surface area contributed by atoms with Crippen LogP contribution in [0, 0.1) is 3.57 Å². The molecular weight excluding hydrogens is 422 g/mol. The van der Waals surface area contributed by atoms with Gasteiger partial charge in [0.15, 0.2) is 6.61 Å². The minimum Gasteiger partial charge on any atom is -0.484 e. The second-order valence-corrected chi connectivity index (χ2v) is 5.96. The number of carbonyl (C=O) groups excluding carboxylic acids is 1. The average molecular weight is 435 g/mol. The van der Waals surface area contributed by atoms with Crippen molar-refractivity contribution in [3.8, 4) is 5.75 Å². The molecule has 122 valence electrons. The largest absolute Gasteiger partial charge is 0.484 e. The maximum Gasteiger partial charge on any atom is 0.416 e. The normalized spacial score (nSPS) is 11.1. The van der Waals surface area contributed by atoms with Crippen LogP contribution in [0.4, 0.5) is 13.2 Å². The number of ether oxygens (including phenoxy) is 1. The van der Waals surface area contributed by atoms with Crippen LogP contribution in [0.25, 0.3) is 0 Å². The molecule has 0 saturated carbocycles. The lowest BCUT2D eigenvalue weighted by atomic mass is 10.1. The summed E-state index contributed by atoms with van der Waals surface area (Å²) in [5.74, 6) is 0.235. The first-order chi connectivity index (χ1) is 10.8. The standard InChI is InChI=1S/C16H13F3INO2/c17-16(18,19)12-3-1-11(2-4-12)9-21-15(22)10-23-14-7-5-13(20)6-8-14/h1-8H,9-10H2,(H,21,22). The molecule has 0 aromatic heterocycles. The van der Waals surface area contributed by atoms with Gasteiger partial charge in [0, 0.05) is 10.1 Å². The molecule has 0 atom stereocenters. The molecule has 3 nitrogen and oxygen atoms in total. The molecule has 0 unspecified atom stereocenters. The zero-order valence-corrected chi connectivity index (χ0v) is 14.0. The number of halogens is 4. The third-order valence-corrected chi connectivity index (χ3v) is 3.67. The maximum atomic E-state index is 12.4. The van der Waals surface area contributed by atoms with Gasteiger partial charge < -0.3 is 10.1 Å². The number of nitrogens with one attached hydrogen (secondary N) is 1. The molecule has 0 bridgehead atoms. The van der Waals surface area contributed by atoms with E-state index in [1.165, 1.54) is 12.1 Å². The highest BCUT2D eigenvalue weighted by Gasteiger charge is 2.29. The first-order valence-corrected chi connectivity index (χ1v) is 7.73. The maximum absolute atomic E-state index is 12.4. The van der Waals surface area contributed by atoms with E-state index in [0.29, 0.717) is 11.3 Å². The number of hydrogen-bond donors (Lipinski definition) is 1. The summed E-state index contributed by atoms with van der Waals surface area (Å²) in [5, 5.41) is 2.59. The molecule has 7 heteroatoms. The van der Waals surface area contributed by atoms with E-state index in [4.69, 9.17) is 4.74 Å². The second-order valence-electron chi connectivity index (χ2n) is 4.71. The average Bonchev–Trinajstić information content (AvgIpc) is 2.52. The lowest BCUT2D eigenvalue weighted by Crippen LogP contribution is -2.28. The molecule has 0 aliphatic carbocycles. The number of benzene rings is 2. The van der Waals surface area contributed by atoms with Gasteiger partial charge in [0.05, 0.1) is 5.56 Å². The van der Waals surface area contributed by atoms with Gasteiger partial charge >= 0.3 is 6.18 Å². The van der Waals surface area contributed by atoms with Crippen LogP contribution in [0.15, 0.2) is 48.5 Å². The lowest BCUT2D eigenvalue weighted by molar-refractivity contribution is -0.137. The highest BCUT2D eigenvalue weighted by atomic mass is 127. The summed E-state index contributed by atoms with van der Waals surface area (Å²) in [6.07, 6.45) is -4.36.